The van der Waals surface area contributed by atoms with Gasteiger partial charge in [0.1, 0.15) is 12.1 Å². The number of carbonyl (C=O) groups is 2. The van der Waals surface area contributed by atoms with E-state index in [9.17, 15) is 18.0 Å². The Kier molecular flexibility index (Phi) is 8.79. The number of hydrogen-bond donors (Lipinski definition) is 3. The van der Waals surface area contributed by atoms with E-state index in [1.54, 1.807) is 20.8 Å². The molecule has 0 bridgehead atoms. The van der Waals surface area contributed by atoms with Crippen LogP contribution in [0.5, 0.6) is 0 Å². The molecular formula is C12H24N2O6S2. The zero-order valence-corrected chi connectivity index (χ0v) is 14.8. The standard InChI is InChI=1S/C12H24N2O6S2/c1-12(2,3)20-11(16)13-7-10(15)14-9(5-6-21-4)8-22(17,18)19/h9H,5-8H2,1-4H3,(H,13,16)(H,14,15)(H,17,18,19)/t9-/m1/s1. The van der Waals surface area contributed by atoms with Crippen molar-refractivity contribution in [1.29, 1.82) is 0 Å². The first-order chi connectivity index (χ1) is 9.93. The Morgan fingerprint density at radius 2 is 1.91 bits per heavy atom. The molecule has 130 valence electrons. The van der Waals surface area contributed by atoms with Gasteiger partial charge in [0.15, 0.2) is 0 Å². The summed E-state index contributed by atoms with van der Waals surface area (Å²) < 4.78 is 35.7. The molecule has 0 unspecified atom stereocenters. The minimum atomic E-state index is -4.19. The first-order valence-electron chi connectivity index (χ1n) is 6.63. The number of carbonyl (C=O) groups excluding carboxylic acids is 2. The minimum absolute atomic E-state index is 0.337. The molecule has 0 saturated heterocycles. The number of rotatable bonds is 8. The molecule has 1 atom stereocenters. The molecule has 0 aliphatic carbocycles. The molecule has 22 heavy (non-hydrogen) atoms. The van der Waals surface area contributed by atoms with Crippen LogP contribution in [0.1, 0.15) is 27.2 Å². The summed E-state index contributed by atoms with van der Waals surface area (Å²) in [4.78, 5) is 23.1. The molecule has 0 heterocycles. The van der Waals surface area contributed by atoms with Gasteiger partial charge in [0.25, 0.3) is 10.1 Å². The van der Waals surface area contributed by atoms with Gasteiger partial charge in [0.2, 0.25) is 5.91 Å². The molecule has 0 aromatic rings. The van der Waals surface area contributed by atoms with Crippen molar-refractivity contribution < 1.29 is 27.3 Å². The summed E-state index contributed by atoms with van der Waals surface area (Å²) in [5.74, 6) is -0.494. The van der Waals surface area contributed by atoms with Crippen molar-refractivity contribution in [2.45, 2.75) is 38.8 Å². The maximum Gasteiger partial charge on any atom is 0.408 e. The topological polar surface area (TPSA) is 122 Å². The molecule has 8 nitrogen and oxygen atoms in total. The molecule has 0 fully saturated rings. The maximum atomic E-state index is 11.7. The van der Waals surface area contributed by atoms with E-state index in [-0.39, 0.29) is 6.54 Å². The Balaban J connectivity index is 4.35. The Morgan fingerprint density at radius 1 is 1.32 bits per heavy atom. The molecule has 3 N–H and O–H groups in total. The second kappa shape index (κ2) is 9.21. The number of thioether (sulfide) groups is 1. The third kappa shape index (κ3) is 12.7. The molecule has 10 heteroatoms. The number of hydrogen-bond acceptors (Lipinski definition) is 6. The number of alkyl carbamates (subject to hydrolysis) is 1. The predicted octanol–water partition coefficient (Wildman–Crippen LogP) is 0.637. The summed E-state index contributed by atoms with van der Waals surface area (Å²) in [7, 11) is -4.19. The summed E-state index contributed by atoms with van der Waals surface area (Å²) >= 11 is 1.49. The molecule has 0 rings (SSSR count). The largest absolute Gasteiger partial charge is 0.444 e. The van der Waals surface area contributed by atoms with Crippen LogP contribution >= 0.6 is 11.8 Å². The maximum absolute atomic E-state index is 11.7. The summed E-state index contributed by atoms with van der Waals surface area (Å²) in [6.07, 6.45) is 1.49. The molecule has 0 aromatic carbocycles. The van der Waals surface area contributed by atoms with E-state index in [4.69, 9.17) is 9.29 Å². The van der Waals surface area contributed by atoms with E-state index in [1.807, 2.05) is 6.26 Å². The van der Waals surface area contributed by atoms with Crippen LogP contribution in [0.4, 0.5) is 4.79 Å². The second-order valence-corrected chi connectivity index (χ2v) is 8.13. The van der Waals surface area contributed by atoms with E-state index >= 15 is 0 Å². The van der Waals surface area contributed by atoms with Crippen molar-refractivity contribution in [2.75, 3.05) is 24.3 Å². The van der Waals surface area contributed by atoms with Crippen molar-refractivity contribution in [1.82, 2.24) is 10.6 Å². The second-order valence-electron chi connectivity index (χ2n) is 5.65. The van der Waals surface area contributed by atoms with Crippen LogP contribution in [0, 0.1) is 0 Å². The fraction of sp³-hybridized carbons (Fsp3) is 0.833. The number of nitrogens with one attached hydrogen (secondary N) is 2. The Labute approximate surface area is 135 Å². The summed E-state index contributed by atoms with van der Waals surface area (Å²) in [6.45, 7) is 4.74. The highest BCUT2D eigenvalue weighted by atomic mass is 32.2. The molecule has 0 aliphatic heterocycles. The first-order valence-corrected chi connectivity index (χ1v) is 9.63. The van der Waals surface area contributed by atoms with Gasteiger partial charge < -0.3 is 15.4 Å². The Hall–Kier alpha value is -1.00. The highest BCUT2D eigenvalue weighted by Gasteiger charge is 2.20. The van der Waals surface area contributed by atoms with Crippen molar-refractivity contribution in [2.24, 2.45) is 0 Å². The monoisotopic (exact) mass is 356 g/mol. The highest BCUT2D eigenvalue weighted by molar-refractivity contribution is 7.98. The van der Waals surface area contributed by atoms with Crippen LogP contribution in [0.15, 0.2) is 0 Å². The van der Waals surface area contributed by atoms with Gasteiger partial charge in [0.05, 0.1) is 5.75 Å². The zero-order valence-electron chi connectivity index (χ0n) is 13.2. The quantitative estimate of drug-likeness (QED) is 0.545. The lowest BCUT2D eigenvalue weighted by Crippen LogP contribution is -2.45. The normalized spacial score (nSPS) is 13.3. The minimum Gasteiger partial charge on any atom is -0.444 e. The van der Waals surface area contributed by atoms with Gasteiger partial charge >= 0.3 is 6.09 Å². The SMILES string of the molecule is CSCC[C@H](CS(=O)(=O)O)NC(=O)CNC(=O)OC(C)(C)C. The van der Waals surface area contributed by atoms with E-state index in [2.05, 4.69) is 10.6 Å². The van der Waals surface area contributed by atoms with E-state index in [1.165, 1.54) is 11.8 Å². The van der Waals surface area contributed by atoms with Gasteiger partial charge in [-0.15, -0.1) is 0 Å². The third-order valence-corrected chi connectivity index (χ3v) is 3.71. The van der Waals surface area contributed by atoms with Crippen molar-refractivity contribution in [3.05, 3.63) is 0 Å². The molecular weight excluding hydrogens is 332 g/mol. The summed E-state index contributed by atoms with van der Waals surface area (Å²) in [5, 5.41) is 4.74. The zero-order chi connectivity index (χ0) is 17.4. The molecule has 2 amide bonds. The summed E-state index contributed by atoms with van der Waals surface area (Å²) in [6, 6.07) is -0.713. The lowest BCUT2D eigenvalue weighted by atomic mass is 10.2. The lowest BCUT2D eigenvalue weighted by molar-refractivity contribution is -0.120. The van der Waals surface area contributed by atoms with Gasteiger partial charge in [0, 0.05) is 6.04 Å². The van der Waals surface area contributed by atoms with Crippen LogP contribution in [-0.4, -0.2) is 60.9 Å². The van der Waals surface area contributed by atoms with Crippen LogP contribution in [0.2, 0.25) is 0 Å². The van der Waals surface area contributed by atoms with Gasteiger partial charge in [-0.1, -0.05) is 0 Å². The van der Waals surface area contributed by atoms with Crippen LogP contribution in [0.25, 0.3) is 0 Å². The Morgan fingerprint density at radius 3 is 2.36 bits per heavy atom. The molecule has 0 spiro atoms. The van der Waals surface area contributed by atoms with Gasteiger partial charge in [-0.2, -0.15) is 20.2 Å². The predicted molar refractivity (Wildman–Crippen MR) is 85.6 cm³/mol. The Bertz CT molecular complexity index is 472. The number of amides is 2. The first kappa shape index (κ1) is 21.0. The van der Waals surface area contributed by atoms with Crippen molar-refractivity contribution in [3.63, 3.8) is 0 Å². The molecule has 0 saturated carbocycles. The number of ether oxygens (including phenoxy) is 1. The smallest absolute Gasteiger partial charge is 0.408 e. The fourth-order valence-electron chi connectivity index (χ4n) is 1.46. The van der Waals surface area contributed by atoms with Crippen LogP contribution in [0.3, 0.4) is 0 Å². The van der Waals surface area contributed by atoms with Crippen molar-refractivity contribution >= 4 is 33.9 Å². The van der Waals surface area contributed by atoms with Crippen LogP contribution < -0.4 is 10.6 Å². The van der Waals surface area contributed by atoms with Gasteiger partial charge in [-0.05, 0) is 39.2 Å². The van der Waals surface area contributed by atoms with Gasteiger partial charge in [-0.25, -0.2) is 4.79 Å². The molecule has 0 radical (unpaired) electrons. The molecule has 0 aliphatic rings. The average molecular weight is 356 g/mol. The van der Waals surface area contributed by atoms with E-state index in [0.717, 1.165) is 0 Å². The molecule has 0 aromatic heterocycles. The fourth-order valence-corrected chi connectivity index (χ4v) is 2.74. The third-order valence-electron chi connectivity index (χ3n) is 2.24. The lowest BCUT2D eigenvalue weighted by Gasteiger charge is -2.20. The van der Waals surface area contributed by atoms with E-state index < -0.39 is 39.5 Å². The summed E-state index contributed by atoms with van der Waals surface area (Å²) in [5.41, 5.74) is -0.674. The van der Waals surface area contributed by atoms with Crippen molar-refractivity contribution in [3.8, 4) is 0 Å². The van der Waals surface area contributed by atoms with Crippen LogP contribution in [-0.2, 0) is 19.6 Å². The highest BCUT2D eigenvalue weighted by Crippen LogP contribution is 2.06. The average Bonchev–Trinajstić information content (AvgIpc) is 2.29. The van der Waals surface area contributed by atoms with Gasteiger partial charge in [-0.3, -0.25) is 9.35 Å². The van der Waals surface area contributed by atoms with E-state index in [0.29, 0.717) is 12.2 Å².